The molecule has 102 valence electrons. The molecule has 0 spiro atoms. The summed E-state index contributed by atoms with van der Waals surface area (Å²) in [6, 6.07) is 0. The van der Waals surface area contributed by atoms with E-state index < -0.39 is 0 Å². The lowest BCUT2D eigenvalue weighted by molar-refractivity contribution is 0.280. The Balaban J connectivity index is 1.99. The van der Waals surface area contributed by atoms with Gasteiger partial charge in [-0.15, -0.1) is 0 Å². The Labute approximate surface area is 114 Å². The van der Waals surface area contributed by atoms with Crippen LogP contribution < -0.4 is 0 Å². The standard InChI is InChI=1S/C16H32S/c1-2-3-8-15(13-7-14-17)9-4-5-10-16-11-6-12-16/h15-17H,2-14H2,1H3. The summed E-state index contributed by atoms with van der Waals surface area (Å²) >= 11 is 4.34. The number of hydrogen-bond donors (Lipinski definition) is 1. The van der Waals surface area contributed by atoms with Crippen molar-refractivity contribution in [2.24, 2.45) is 11.8 Å². The molecule has 1 aliphatic rings. The zero-order valence-corrected chi connectivity index (χ0v) is 12.7. The molecule has 0 aromatic rings. The van der Waals surface area contributed by atoms with Crippen molar-refractivity contribution < 1.29 is 0 Å². The number of rotatable bonds is 11. The molecule has 17 heavy (non-hydrogen) atoms. The fourth-order valence-corrected chi connectivity index (χ4v) is 3.14. The van der Waals surface area contributed by atoms with Gasteiger partial charge in [-0.2, -0.15) is 12.6 Å². The van der Waals surface area contributed by atoms with Gasteiger partial charge in [0.05, 0.1) is 0 Å². The van der Waals surface area contributed by atoms with Gasteiger partial charge in [0.2, 0.25) is 0 Å². The Morgan fingerprint density at radius 1 is 1.00 bits per heavy atom. The number of hydrogen-bond acceptors (Lipinski definition) is 1. The molecule has 0 heterocycles. The monoisotopic (exact) mass is 256 g/mol. The van der Waals surface area contributed by atoms with Crippen LogP contribution in [-0.4, -0.2) is 5.75 Å². The Bertz CT molecular complexity index is 155. The first-order valence-corrected chi connectivity index (χ1v) is 8.61. The molecular formula is C16H32S. The van der Waals surface area contributed by atoms with Gasteiger partial charge < -0.3 is 0 Å². The summed E-state index contributed by atoms with van der Waals surface area (Å²) < 4.78 is 0. The van der Waals surface area contributed by atoms with Crippen molar-refractivity contribution >= 4 is 12.6 Å². The van der Waals surface area contributed by atoms with Crippen LogP contribution in [-0.2, 0) is 0 Å². The first-order valence-electron chi connectivity index (χ1n) is 7.97. The summed E-state index contributed by atoms with van der Waals surface area (Å²) in [5.41, 5.74) is 0. The van der Waals surface area contributed by atoms with Crippen molar-refractivity contribution in [3.63, 3.8) is 0 Å². The largest absolute Gasteiger partial charge is 0.179 e. The van der Waals surface area contributed by atoms with Crippen molar-refractivity contribution in [3.05, 3.63) is 0 Å². The summed E-state index contributed by atoms with van der Waals surface area (Å²) in [5.74, 6) is 3.19. The molecule has 1 aliphatic carbocycles. The van der Waals surface area contributed by atoms with E-state index in [9.17, 15) is 0 Å². The van der Waals surface area contributed by atoms with Gasteiger partial charge in [-0.25, -0.2) is 0 Å². The highest BCUT2D eigenvalue weighted by atomic mass is 32.1. The molecule has 1 heteroatoms. The lowest BCUT2D eigenvalue weighted by Crippen LogP contribution is -2.10. The third-order valence-electron chi connectivity index (χ3n) is 4.44. The van der Waals surface area contributed by atoms with Crippen molar-refractivity contribution in [2.75, 3.05) is 5.75 Å². The van der Waals surface area contributed by atoms with E-state index >= 15 is 0 Å². The van der Waals surface area contributed by atoms with E-state index in [-0.39, 0.29) is 0 Å². The van der Waals surface area contributed by atoms with E-state index in [1.165, 1.54) is 77.0 Å². The first kappa shape index (κ1) is 15.4. The summed E-state index contributed by atoms with van der Waals surface area (Å²) in [6.07, 6.45) is 17.5. The van der Waals surface area contributed by atoms with Gasteiger partial charge in [-0.3, -0.25) is 0 Å². The molecule has 1 saturated carbocycles. The average molecular weight is 256 g/mol. The van der Waals surface area contributed by atoms with Crippen LogP contribution in [0.25, 0.3) is 0 Å². The molecule has 1 fully saturated rings. The maximum Gasteiger partial charge on any atom is -0.00978 e. The Kier molecular flexibility index (Phi) is 9.33. The molecule has 0 aromatic heterocycles. The SMILES string of the molecule is CCCCC(CCCS)CCCCC1CCC1. The third kappa shape index (κ3) is 7.39. The van der Waals surface area contributed by atoms with Crippen LogP contribution >= 0.6 is 12.6 Å². The lowest BCUT2D eigenvalue weighted by Gasteiger charge is -2.25. The van der Waals surface area contributed by atoms with Gasteiger partial charge in [0.25, 0.3) is 0 Å². The van der Waals surface area contributed by atoms with Gasteiger partial charge in [0.1, 0.15) is 0 Å². The minimum atomic E-state index is 1.00. The second-order valence-corrected chi connectivity index (χ2v) is 6.40. The zero-order chi connectivity index (χ0) is 12.3. The van der Waals surface area contributed by atoms with E-state index in [4.69, 9.17) is 0 Å². The maximum atomic E-state index is 4.34. The fraction of sp³-hybridized carbons (Fsp3) is 1.00. The highest BCUT2D eigenvalue weighted by Crippen LogP contribution is 2.31. The van der Waals surface area contributed by atoms with Crippen molar-refractivity contribution in [1.29, 1.82) is 0 Å². The Morgan fingerprint density at radius 2 is 1.71 bits per heavy atom. The van der Waals surface area contributed by atoms with Gasteiger partial charge in [0.15, 0.2) is 0 Å². The molecule has 1 unspecified atom stereocenters. The molecule has 0 aliphatic heterocycles. The smallest absolute Gasteiger partial charge is 0.00978 e. The van der Waals surface area contributed by atoms with Gasteiger partial charge >= 0.3 is 0 Å². The quantitative estimate of drug-likeness (QED) is 0.347. The van der Waals surface area contributed by atoms with E-state index in [0.717, 1.165) is 17.6 Å². The number of thiol groups is 1. The normalized spacial score (nSPS) is 18.0. The van der Waals surface area contributed by atoms with Crippen molar-refractivity contribution in [1.82, 2.24) is 0 Å². The Hall–Kier alpha value is 0.350. The van der Waals surface area contributed by atoms with Crippen LogP contribution in [0.1, 0.15) is 84.0 Å². The molecule has 1 rings (SSSR count). The van der Waals surface area contributed by atoms with E-state index in [2.05, 4.69) is 19.6 Å². The molecule has 0 nitrogen and oxygen atoms in total. The molecular weight excluding hydrogens is 224 g/mol. The van der Waals surface area contributed by atoms with Crippen LogP contribution in [0, 0.1) is 11.8 Å². The summed E-state index contributed by atoms with van der Waals surface area (Å²) in [4.78, 5) is 0. The van der Waals surface area contributed by atoms with Crippen LogP contribution in [0.15, 0.2) is 0 Å². The zero-order valence-electron chi connectivity index (χ0n) is 11.8. The predicted molar refractivity (Wildman–Crippen MR) is 81.9 cm³/mol. The van der Waals surface area contributed by atoms with Crippen LogP contribution in [0.3, 0.4) is 0 Å². The van der Waals surface area contributed by atoms with Gasteiger partial charge in [-0.05, 0) is 30.4 Å². The Morgan fingerprint density at radius 3 is 2.29 bits per heavy atom. The van der Waals surface area contributed by atoms with Crippen molar-refractivity contribution in [2.45, 2.75) is 84.0 Å². The highest BCUT2D eigenvalue weighted by Gasteiger charge is 2.16. The third-order valence-corrected chi connectivity index (χ3v) is 4.75. The molecule has 0 N–H and O–H groups in total. The van der Waals surface area contributed by atoms with Crippen LogP contribution in [0.5, 0.6) is 0 Å². The first-order chi connectivity index (χ1) is 8.36. The lowest BCUT2D eigenvalue weighted by atomic mass is 9.81. The summed E-state index contributed by atoms with van der Waals surface area (Å²) in [7, 11) is 0. The van der Waals surface area contributed by atoms with Crippen LogP contribution in [0.4, 0.5) is 0 Å². The summed E-state index contributed by atoms with van der Waals surface area (Å²) in [6.45, 7) is 2.31. The van der Waals surface area contributed by atoms with E-state index in [0.29, 0.717) is 0 Å². The minimum Gasteiger partial charge on any atom is -0.179 e. The molecule has 0 aromatic carbocycles. The fourth-order valence-electron chi connectivity index (χ4n) is 2.95. The minimum absolute atomic E-state index is 1.00. The molecule has 1 atom stereocenters. The average Bonchev–Trinajstić information content (AvgIpc) is 2.29. The topological polar surface area (TPSA) is 0 Å². The molecule has 0 bridgehead atoms. The second kappa shape index (κ2) is 10.3. The molecule has 0 radical (unpaired) electrons. The molecule has 0 saturated heterocycles. The second-order valence-electron chi connectivity index (χ2n) is 5.96. The van der Waals surface area contributed by atoms with E-state index in [1.807, 2.05) is 0 Å². The van der Waals surface area contributed by atoms with Crippen molar-refractivity contribution in [3.8, 4) is 0 Å². The maximum absolute atomic E-state index is 4.34. The van der Waals surface area contributed by atoms with Gasteiger partial charge in [0, 0.05) is 0 Å². The summed E-state index contributed by atoms with van der Waals surface area (Å²) in [5, 5.41) is 0. The predicted octanol–water partition coefficient (Wildman–Crippen LogP) is 5.86. The van der Waals surface area contributed by atoms with E-state index in [1.54, 1.807) is 0 Å². The number of unbranched alkanes of at least 4 members (excludes halogenated alkanes) is 2. The van der Waals surface area contributed by atoms with Crippen LogP contribution in [0.2, 0.25) is 0 Å². The van der Waals surface area contributed by atoms with Gasteiger partial charge in [-0.1, -0.05) is 71.1 Å². The molecule has 0 amide bonds. The highest BCUT2D eigenvalue weighted by molar-refractivity contribution is 7.80.